The summed E-state index contributed by atoms with van der Waals surface area (Å²) < 4.78 is 4.71. The van der Waals surface area contributed by atoms with Crippen molar-refractivity contribution in [2.75, 3.05) is 25.5 Å². The average Bonchev–Trinajstić information content (AvgIpc) is 3.30. The van der Waals surface area contributed by atoms with Gasteiger partial charge in [-0.25, -0.2) is 4.79 Å². The maximum Gasteiger partial charge on any atom is 0.339 e. The molecule has 0 spiro atoms. The molecule has 0 saturated carbocycles. The van der Waals surface area contributed by atoms with Gasteiger partial charge in [0.15, 0.2) is 0 Å². The highest BCUT2D eigenvalue weighted by atomic mass is 35.5. The monoisotopic (exact) mass is 378 g/mol. The number of carbonyl (C=O) groups is 2. The second-order valence-corrected chi connectivity index (χ2v) is 7.19. The highest BCUT2D eigenvalue weighted by Crippen LogP contribution is 2.34. The molecule has 1 N–H and O–H groups in total. The van der Waals surface area contributed by atoms with E-state index in [4.69, 9.17) is 16.3 Å². The molecule has 0 aliphatic carbocycles. The first-order valence-electron chi connectivity index (χ1n) is 8.04. The van der Waals surface area contributed by atoms with Crippen molar-refractivity contribution in [3.8, 4) is 0 Å². The van der Waals surface area contributed by atoms with Crippen molar-refractivity contribution in [3.63, 3.8) is 0 Å². The molecule has 7 heteroatoms. The fourth-order valence-electron chi connectivity index (χ4n) is 3.02. The van der Waals surface area contributed by atoms with Crippen LogP contribution < -0.4 is 5.32 Å². The molecule has 1 fully saturated rings. The Morgan fingerprint density at radius 2 is 2.24 bits per heavy atom. The summed E-state index contributed by atoms with van der Waals surface area (Å²) in [5, 5.41) is 5.44. The van der Waals surface area contributed by atoms with E-state index >= 15 is 0 Å². The predicted molar refractivity (Wildman–Crippen MR) is 99.3 cm³/mol. The Hall–Kier alpha value is -2.05. The molecular formula is C18H19ClN2O3S. The van der Waals surface area contributed by atoms with Crippen LogP contribution in [0.4, 0.5) is 5.69 Å². The van der Waals surface area contributed by atoms with Gasteiger partial charge in [-0.3, -0.25) is 4.79 Å². The minimum absolute atomic E-state index is 0.0467. The van der Waals surface area contributed by atoms with Gasteiger partial charge in [-0.1, -0.05) is 17.7 Å². The van der Waals surface area contributed by atoms with E-state index in [0.717, 1.165) is 19.4 Å². The number of benzene rings is 1. The number of carbonyl (C=O) groups excluding carboxylic acids is 2. The van der Waals surface area contributed by atoms with Crippen LogP contribution in [0, 0.1) is 0 Å². The zero-order valence-electron chi connectivity index (χ0n) is 13.8. The lowest BCUT2D eigenvalue weighted by Gasteiger charge is -2.24. The van der Waals surface area contributed by atoms with Crippen molar-refractivity contribution in [2.45, 2.75) is 18.9 Å². The van der Waals surface area contributed by atoms with E-state index in [0.29, 0.717) is 10.7 Å². The Bertz CT molecular complexity index is 764. The van der Waals surface area contributed by atoms with Crippen LogP contribution in [0.3, 0.4) is 0 Å². The predicted octanol–water partition coefficient (Wildman–Crippen LogP) is 3.96. The van der Waals surface area contributed by atoms with Crippen molar-refractivity contribution in [1.29, 1.82) is 0 Å². The van der Waals surface area contributed by atoms with E-state index in [1.54, 1.807) is 29.5 Å². The van der Waals surface area contributed by atoms with E-state index < -0.39 is 5.97 Å². The molecule has 1 aliphatic rings. The summed E-state index contributed by atoms with van der Waals surface area (Å²) >= 11 is 7.69. The average molecular weight is 379 g/mol. The van der Waals surface area contributed by atoms with Crippen LogP contribution >= 0.6 is 22.9 Å². The number of hydrogen-bond donors (Lipinski definition) is 1. The molecule has 25 heavy (non-hydrogen) atoms. The number of ether oxygens (including phenoxy) is 1. The fraction of sp³-hybridized carbons (Fsp3) is 0.333. The number of anilines is 1. The van der Waals surface area contributed by atoms with E-state index in [-0.39, 0.29) is 24.1 Å². The molecule has 2 aromatic rings. The largest absolute Gasteiger partial charge is 0.465 e. The minimum atomic E-state index is -0.503. The molecule has 2 heterocycles. The summed E-state index contributed by atoms with van der Waals surface area (Å²) in [6.07, 6.45) is 2.02. The minimum Gasteiger partial charge on any atom is -0.465 e. The number of rotatable bonds is 5. The third-order valence-corrected chi connectivity index (χ3v) is 5.56. The summed E-state index contributed by atoms with van der Waals surface area (Å²) in [7, 11) is 1.31. The smallest absolute Gasteiger partial charge is 0.339 e. The number of methoxy groups -OCH3 is 1. The Kier molecular flexibility index (Phi) is 5.60. The first kappa shape index (κ1) is 17.8. The molecule has 1 amide bonds. The van der Waals surface area contributed by atoms with Gasteiger partial charge in [-0.05, 0) is 42.5 Å². The first-order chi connectivity index (χ1) is 12.1. The van der Waals surface area contributed by atoms with Gasteiger partial charge in [0.2, 0.25) is 5.91 Å². The Balaban J connectivity index is 1.65. The van der Waals surface area contributed by atoms with Crippen molar-refractivity contribution >= 4 is 40.5 Å². The number of likely N-dealkylation sites (tertiary alicyclic amines) is 1. The fourth-order valence-corrected chi connectivity index (χ4v) is 4.09. The standard InChI is InChI=1S/C18H19ClN2O3S/c1-24-18(23)13-10-12(6-7-14(13)19)20-11-17(22)21-8-2-4-15(21)16-5-3-9-25-16/h3,5-7,9-10,15,20H,2,4,8,11H2,1H3. The lowest BCUT2D eigenvalue weighted by molar-refractivity contribution is -0.130. The molecule has 1 atom stereocenters. The molecule has 5 nitrogen and oxygen atoms in total. The molecular weight excluding hydrogens is 360 g/mol. The third-order valence-electron chi connectivity index (χ3n) is 4.26. The second-order valence-electron chi connectivity index (χ2n) is 5.80. The van der Waals surface area contributed by atoms with Crippen LogP contribution in [0.25, 0.3) is 0 Å². The van der Waals surface area contributed by atoms with E-state index in [1.165, 1.54) is 12.0 Å². The molecule has 1 aromatic heterocycles. The summed E-state index contributed by atoms with van der Waals surface area (Å²) in [6.45, 7) is 0.946. The number of esters is 1. The molecule has 1 aliphatic heterocycles. The second kappa shape index (κ2) is 7.89. The third kappa shape index (κ3) is 3.96. The first-order valence-corrected chi connectivity index (χ1v) is 9.30. The summed E-state index contributed by atoms with van der Waals surface area (Å²) in [5.74, 6) is -0.456. The number of halogens is 1. The summed E-state index contributed by atoms with van der Waals surface area (Å²) in [5.41, 5.74) is 0.935. The Labute approximate surface area is 155 Å². The van der Waals surface area contributed by atoms with Crippen LogP contribution in [0.2, 0.25) is 5.02 Å². The van der Waals surface area contributed by atoms with Gasteiger partial charge in [0.1, 0.15) is 0 Å². The molecule has 0 bridgehead atoms. The van der Waals surface area contributed by atoms with Gasteiger partial charge in [-0.2, -0.15) is 0 Å². The van der Waals surface area contributed by atoms with Crippen molar-refractivity contribution in [2.24, 2.45) is 0 Å². The highest BCUT2D eigenvalue weighted by molar-refractivity contribution is 7.10. The Morgan fingerprint density at radius 1 is 1.40 bits per heavy atom. The van der Waals surface area contributed by atoms with Crippen LogP contribution in [-0.2, 0) is 9.53 Å². The lowest BCUT2D eigenvalue weighted by atomic mass is 10.2. The van der Waals surface area contributed by atoms with Crippen LogP contribution in [0.15, 0.2) is 35.7 Å². The van der Waals surface area contributed by atoms with Gasteiger partial charge in [-0.15, -0.1) is 11.3 Å². The number of nitrogens with one attached hydrogen (secondary N) is 1. The van der Waals surface area contributed by atoms with Gasteiger partial charge < -0.3 is 15.0 Å². The molecule has 3 rings (SSSR count). The van der Waals surface area contributed by atoms with Crippen molar-refractivity contribution in [3.05, 3.63) is 51.2 Å². The highest BCUT2D eigenvalue weighted by Gasteiger charge is 2.30. The SMILES string of the molecule is COC(=O)c1cc(NCC(=O)N2CCCC2c2cccs2)ccc1Cl. The van der Waals surface area contributed by atoms with Crippen LogP contribution in [0.1, 0.15) is 34.1 Å². The van der Waals surface area contributed by atoms with E-state index in [2.05, 4.69) is 11.4 Å². The van der Waals surface area contributed by atoms with Crippen molar-refractivity contribution < 1.29 is 14.3 Å². The maximum absolute atomic E-state index is 12.6. The molecule has 1 aromatic carbocycles. The normalized spacial score (nSPS) is 16.7. The Morgan fingerprint density at radius 3 is 2.96 bits per heavy atom. The van der Waals surface area contributed by atoms with E-state index in [1.807, 2.05) is 16.3 Å². The summed E-state index contributed by atoms with van der Waals surface area (Å²) in [6, 6.07) is 9.22. The summed E-state index contributed by atoms with van der Waals surface area (Å²) in [4.78, 5) is 27.5. The van der Waals surface area contributed by atoms with Gasteiger partial charge in [0, 0.05) is 17.1 Å². The van der Waals surface area contributed by atoms with Gasteiger partial charge in [0.25, 0.3) is 0 Å². The van der Waals surface area contributed by atoms with Gasteiger partial charge >= 0.3 is 5.97 Å². The molecule has 132 valence electrons. The quantitative estimate of drug-likeness (QED) is 0.800. The van der Waals surface area contributed by atoms with Crippen molar-refractivity contribution in [1.82, 2.24) is 4.90 Å². The number of nitrogens with zero attached hydrogens (tertiary/aromatic N) is 1. The van der Waals surface area contributed by atoms with Crippen LogP contribution in [-0.4, -0.2) is 37.0 Å². The number of thiophene rings is 1. The zero-order valence-corrected chi connectivity index (χ0v) is 15.4. The topological polar surface area (TPSA) is 58.6 Å². The zero-order chi connectivity index (χ0) is 17.8. The van der Waals surface area contributed by atoms with Crippen LogP contribution in [0.5, 0.6) is 0 Å². The molecule has 1 saturated heterocycles. The molecule has 1 unspecified atom stereocenters. The molecule has 0 radical (unpaired) electrons. The number of amides is 1. The maximum atomic E-state index is 12.6. The van der Waals surface area contributed by atoms with Gasteiger partial charge in [0.05, 0.1) is 30.3 Å². The van der Waals surface area contributed by atoms with E-state index in [9.17, 15) is 9.59 Å². The lowest BCUT2D eigenvalue weighted by Crippen LogP contribution is -2.34. The number of hydrogen-bond acceptors (Lipinski definition) is 5.